The molecule has 1 aromatic rings. The van der Waals surface area contributed by atoms with Crippen molar-refractivity contribution in [2.24, 2.45) is 0 Å². The summed E-state index contributed by atoms with van der Waals surface area (Å²) >= 11 is 0. The van der Waals surface area contributed by atoms with Crippen molar-refractivity contribution in [3.63, 3.8) is 0 Å². The van der Waals surface area contributed by atoms with Gasteiger partial charge in [-0.1, -0.05) is 31.5 Å². The minimum absolute atomic E-state index is 0.0377. The van der Waals surface area contributed by atoms with Crippen LogP contribution in [0.5, 0.6) is 0 Å². The molecule has 1 rings (SSSR count). The first-order chi connectivity index (χ1) is 11.9. The molecule has 140 valence electrons. The van der Waals surface area contributed by atoms with Gasteiger partial charge in [-0.2, -0.15) is 0 Å². The van der Waals surface area contributed by atoms with Gasteiger partial charge in [-0.15, -0.1) is 0 Å². The number of hydrogen-bond donors (Lipinski definition) is 2. The van der Waals surface area contributed by atoms with E-state index in [1.54, 1.807) is 30.3 Å². The van der Waals surface area contributed by atoms with Gasteiger partial charge < -0.3 is 19.7 Å². The molecule has 0 aliphatic rings. The second-order valence-corrected chi connectivity index (χ2v) is 8.15. The molecule has 1 amide bonds. The second-order valence-electron chi connectivity index (χ2n) is 5.57. The van der Waals surface area contributed by atoms with Crippen LogP contribution in [0.25, 0.3) is 0 Å². The smallest absolute Gasteiger partial charge is 0.407 e. The molecule has 25 heavy (non-hydrogen) atoms. The molecule has 0 aromatic heterocycles. The normalized spacial score (nSPS) is 12.9. The third kappa shape index (κ3) is 9.89. The molecular weight excluding hydrogens is 345 g/mol. The van der Waals surface area contributed by atoms with Crippen molar-refractivity contribution in [2.75, 3.05) is 32.1 Å². The highest BCUT2D eigenvalue weighted by Crippen LogP contribution is 2.41. The molecule has 1 aromatic carbocycles. The molecule has 8 heteroatoms. The lowest BCUT2D eigenvalue weighted by Gasteiger charge is -2.11. The summed E-state index contributed by atoms with van der Waals surface area (Å²) in [5.41, 5.74) is 0.434. The number of nitrogens with one attached hydrogen (secondary N) is 1. The van der Waals surface area contributed by atoms with E-state index in [4.69, 9.17) is 9.47 Å². The van der Waals surface area contributed by atoms with Crippen LogP contribution < -0.4 is 5.32 Å². The van der Waals surface area contributed by atoms with Gasteiger partial charge in [0.05, 0.1) is 5.56 Å². The van der Waals surface area contributed by atoms with Crippen LogP contribution in [0.1, 0.15) is 36.5 Å². The lowest BCUT2D eigenvalue weighted by molar-refractivity contribution is 0.0401. The van der Waals surface area contributed by atoms with Gasteiger partial charge in [0.1, 0.15) is 13.2 Å². The van der Waals surface area contributed by atoms with E-state index >= 15 is 0 Å². The van der Waals surface area contributed by atoms with Crippen LogP contribution in [0.4, 0.5) is 4.79 Å². The first kappa shape index (κ1) is 21.2. The molecule has 0 saturated carbocycles. The van der Waals surface area contributed by atoms with E-state index in [0.29, 0.717) is 18.1 Å². The Morgan fingerprint density at radius 1 is 1.08 bits per heavy atom. The molecule has 0 heterocycles. The van der Waals surface area contributed by atoms with Crippen LogP contribution in [-0.4, -0.2) is 49.0 Å². The monoisotopic (exact) mass is 371 g/mol. The molecule has 0 fully saturated rings. The molecule has 7 nitrogen and oxygen atoms in total. The zero-order valence-electron chi connectivity index (χ0n) is 14.5. The fourth-order valence-electron chi connectivity index (χ4n) is 2.01. The predicted octanol–water partition coefficient (Wildman–Crippen LogP) is 3.03. The number of rotatable bonds is 11. The Hall–Kier alpha value is -1.85. The average Bonchev–Trinajstić information content (AvgIpc) is 2.61. The number of carbonyl (C=O) groups is 2. The van der Waals surface area contributed by atoms with Gasteiger partial charge in [-0.25, -0.2) is 9.59 Å². The summed E-state index contributed by atoms with van der Waals surface area (Å²) in [6.07, 6.45) is 1.88. The van der Waals surface area contributed by atoms with Crippen molar-refractivity contribution >= 4 is 19.4 Å². The number of alkyl carbamates (subject to hydrolysis) is 1. The number of esters is 1. The number of amides is 1. The molecule has 0 spiro atoms. The van der Waals surface area contributed by atoms with E-state index in [9.17, 15) is 19.0 Å². The summed E-state index contributed by atoms with van der Waals surface area (Å²) < 4.78 is 21.6. The van der Waals surface area contributed by atoms with Crippen molar-refractivity contribution in [2.45, 2.75) is 26.2 Å². The number of hydrogen-bond acceptors (Lipinski definition) is 5. The van der Waals surface area contributed by atoms with Crippen molar-refractivity contribution in [3.8, 4) is 0 Å². The highest BCUT2D eigenvalue weighted by atomic mass is 31.2. The van der Waals surface area contributed by atoms with Crippen molar-refractivity contribution in [3.05, 3.63) is 35.9 Å². The van der Waals surface area contributed by atoms with Crippen LogP contribution in [-0.2, 0) is 14.0 Å². The molecule has 0 bridgehead atoms. The minimum atomic E-state index is -3.09. The van der Waals surface area contributed by atoms with E-state index in [2.05, 4.69) is 5.32 Å². The molecule has 0 radical (unpaired) electrons. The Balaban J connectivity index is 2.07. The minimum Gasteiger partial charge on any atom is -0.458 e. The quantitative estimate of drug-likeness (QED) is 0.352. The summed E-state index contributed by atoms with van der Waals surface area (Å²) in [6.45, 7) is 2.14. The van der Waals surface area contributed by atoms with E-state index in [1.165, 1.54) is 0 Å². The third-order valence-corrected chi connectivity index (χ3v) is 5.40. The molecular formula is C17H26NO6P. The Kier molecular flexibility index (Phi) is 9.88. The Labute approximate surface area is 148 Å². The Bertz CT molecular complexity index is 578. The summed E-state index contributed by atoms with van der Waals surface area (Å²) in [4.78, 5) is 32.8. The number of unbranched alkanes of at least 4 members (excludes halogenated alkanes) is 1. The SMILES string of the molecule is CCCCP(=O)(O)CCCNC(=O)OCCOC(=O)c1ccccc1. The van der Waals surface area contributed by atoms with Gasteiger partial charge in [0, 0.05) is 18.9 Å². The summed E-state index contributed by atoms with van der Waals surface area (Å²) in [5.74, 6) is -0.476. The van der Waals surface area contributed by atoms with Crippen LogP contribution in [0, 0.1) is 0 Å². The number of carbonyl (C=O) groups excluding carboxylic acids is 2. The number of ether oxygens (including phenoxy) is 2. The maximum Gasteiger partial charge on any atom is 0.407 e. The largest absolute Gasteiger partial charge is 0.458 e. The van der Waals surface area contributed by atoms with E-state index in [0.717, 1.165) is 12.8 Å². The fourth-order valence-corrected chi connectivity index (χ4v) is 3.70. The lowest BCUT2D eigenvalue weighted by Crippen LogP contribution is -2.27. The Morgan fingerprint density at radius 3 is 2.40 bits per heavy atom. The zero-order chi connectivity index (χ0) is 18.5. The van der Waals surface area contributed by atoms with Crippen molar-refractivity contribution in [1.82, 2.24) is 5.32 Å². The first-order valence-corrected chi connectivity index (χ1v) is 10.4. The lowest BCUT2D eigenvalue weighted by atomic mass is 10.2. The fraction of sp³-hybridized carbons (Fsp3) is 0.529. The second kappa shape index (κ2) is 11.7. The maximum absolute atomic E-state index is 11.8. The maximum atomic E-state index is 11.8. The summed E-state index contributed by atoms with van der Waals surface area (Å²) in [6, 6.07) is 8.53. The number of benzene rings is 1. The van der Waals surface area contributed by atoms with Gasteiger partial charge in [0.15, 0.2) is 0 Å². The van der Waals surface area contributed by atoms with Gasteiger partial charge in [-0.05, 0) is 25.0 Å². The van der Waals surface area contributed by atoms with E-state index < -0.39 is 19.4 Å². The van der Waals surface area contributed by atoms with E-state index in [-0.39, 0.29) is 25.9 Å². The molecule has 1 unspecified atom stereocenters. The molecule has 0 aliphatic heterocycles. The third-order valence-electron chi connectivity index (χ3n) is 3.37. The van der Waals surface area contributed by atoms with E-state index in [1.807, 2.05) is 6.92 Å². The van der Waals surface area contributed by atoms with Crippen LogP contribution in [0.15, 0.2) is 30.3 Å². The topological polar surface area (TPSA) is 102 Å². The first-order valence-electron chi connectivity index (χ1n) is 8.38. The Morgan fingerprint density at radius 2 is 1.72 bits per heavy atom. The summed E-state index contributed by atoms with van der Waals surface area (Å²) in [5, 5.41) is 2.50. The molecule has 0 saturated heterocycles. The van der Waals surface area contributed by atoms with Gasteiger partial charge >= 0.3 is 12.1 Å². The average molecular weight is 371 g/mol. The van der Waals surface area contributed by atoms with Crippen LogP contribution in [0.2, 0.25) is 0 Å². The van der Waals surface area contributed by atoms with Crippen molar-refractivity contribution < 1.29 is 28.5 Å². The summed E-state index contributed by atoms with van der Waals surface area (Å²) in [7, 11) is -3.09. The molecule has 2 N–H and O–H groups in total. The zero-order valence-corrected chi connectivity index (χ0v) is 15.4. The standard InChI is InChI=1S/C17H26NO6P/c1-2-3-13-25(21,22)14-7-10-18-17(20)24-12-11-23-16(19)15-8-5-4-6-9-15/h4-6,8-9H,2-3,7,10-14H2,1H3,(H,18,20)(H,21,22). The van der Waals surface area contributed by atoms with Crippen LogP contribution >= 0.6 is 7.37 Å². The van der Waals surface area contributed by atoms with Gasteiger partial charge in [0.25, 0.3) is 0 Å². The predicted molar refractivity (Wildman–Crippen MR) is 95.2 cm³/mol. The highest BCUT2D eigenvalue weighted by molar-refractivity contribution is 7.57. The van der Waals surface area contributed by atoms with Crippen molar-refractivity contribution in [1.29, 1.82) is 0 Å². The highest BCUT2D eigenvalue weighted by Gasteiger charge is 2.16. The molecule has 1 atom stereocenters. The molecule has 0 aliphatic carbocycles. The van der Waals surface area contributed by atoms with Gasteiger partial charge in [0.2, 0.25) is 7.37 Å². The van der Waals surface area contributed by atoms with Gasteiger partial charge in [-0.3, -0.25) is 4.57 Å². The van der Waals surface area contributed by atoms with Crippen LogP contribution in [0.3, 0.4) is 0 Å².